The molecular formula is C20H24ClN7O4S. The predicted molar refractivity (Wildman–Crippen MR) is 124 cm³/mol. The average molecular weight is 494 g/mol. The quantitative estimate of drug-likeness (QED) is 0.287. The Morgan fingerprint density at radius 2 is 1.97 bits per heavy atom. The third kappa shape index (κ3) is 6.02. The summed E-state index contributed by atoms with van der Waals surface area (Å²) >= 11 is 5.86. The smallest absolute Gasteiger partial charge is 0.407 e. The molecule has 0 radical (unpaired) electrons. The Labute approximate surface area is 195 Å². The van der Waals surface area contributed by atoms with Gasteiger partial charge in [-0.25, -0.2) is 18.2 Å². The molecule has 0 atom stereocenters. The van der Waals surface area contributed by atoms with E-state index >= 15 is 0 Å². The number of amides is 1. The van der Waals surface area contributed by atoms with E-state index in [-0.39, 0.29) is 29.5 Å². The highest BCUT2D eigenvalue weighted by molar-refractivity contribution is 7.93. The number of alkyl carbamates (subject to hydrolysis) is 1. The molecule has 1 aromatic carbocycles. The molecule has 1 aliphatic carbocycles. The number of nitrogen functional groups attached to an aromatic ring is 1. The lowest BCUT2D eigenvalue weighted by molar-refractivity contribution is 0.143. The van der Waals surface area contributed by atoms with Crippen LogP contribution in [-0.2, 0) is 27.8 Å². The van der Waals surface area contributed by atoms with Crippen molar-refractivity contribution in [3.05, 3.63) is 41.4 Å². The van der Waals surface area contributed by atoms with Crippen molar-refractivity contribution in [3.63, 3.8) is 0 Å². The first-order valence-corrected chi connectivity index (χ1v) is 12.4. The first-order chi connectivity index (χ1) is 15.8. The number of hydrogen-bond donors (Lipinski definition) is 3. The van der Waals surface area contributed by atoms with Crippen molar-refractivity contribution < 1.29 is 17.9 Å². The lowest BCUT2D eigenvalue weighted by Gasteiger charge is -2.09. The van der Waals surface area contributed by atoms with Crippen LogP contribution in [0.5, 0.6) is 0 Å². The van der Waals surface area contributed by atoms with Gasteiger partial charge in [-0.2, -0.15) is 9.97 Å². The summed E-state index contributed by atoms with van der Waals surface area (Å²) in [6.45, 7) is 1.15. The molecule has 1 saturated carbocycles. The SMILES string of the molecule is Nc1nc(Cl)nc2c1ncn2CCCCOC(=O)NCc1ccc(NS(=O)(=O)C2CC2)cc1. The van der Waals surface area contributed by atoms with Crippen LogP contribution in [0.15, 0.2) is 30.6 Å². The van der Waals surface area contributed by atoms with Crippen molar-refractivity contribution in [3.8, 4) is 0 Å². The number of halogens is 1. The van der Waals surface area contributed by atoms with Crippen LogP contribution in [0.2, 0.25) is 5.28 Å². The number of rotatable bonds is 10. The normalized spacial score (nSPS) is 13.7. The fourth-order valence-electron chi connectivity index (χ4n) is 3.19. The Balaban J connectivity index is 1.15. The van der Waals surface area contributed by atoms with E-state index in [0.717, 1.165) is 12.0 Å². The van der Waals surface area contributed by atoms with Gasteiger partial charge in [-0.05, 0) is 55.0 Å². The first-order valence-electron chi connectivity index (χ1n) is 10.5. The molecule has 11 nitrogen and oxygen atoms in total. The maximum absolute atomic E-state index is 12.0. The standard InChI is InChI=1S/C20H24ClN7O4S/c21-19-25-17(22)16-18(26-19)28(12-24-16)9-1-2-10-32-20(29)23-11-13-3-5-14(6-4-13)27-33(30,31)15-7-8-15/h3-6,12,15,27H,1-2,7-11H2,(H,23,29)(H2,22,25,26). The molecule has 13 heteroatoms. The van der Waals surface area contributed by atoms with Gasteiger partial charge in [-0.1, -0.05) is 12.1 Å². The predicted octanol–water partition coefficient (Wildman–Crippen LogP) is 2.67. The summed E-state index contributed by atoms with van der Waals surface area (Å²) in [5.74, 6) is 0.234. The maximum Gasteiger partial charge on any atom is 0.407 e. The van der Waals surface area contributed by atoms with Crippen LogP contribution in [0.25, 0.3) is 11.2 Å². The Hall–Kier alpha value is -3.12. The van der Waals surface area contributed by atoms with Gasteiger partial charge in [0.1, 0.15) is 5.52 Å². The number of anilines is 2. The highest BCUT2D eigenvalue weighted by atomic mass is 35.5. The number of nitrogens with two attached hydrogens (primary N) is 1. The largest absolute Gasteiger partial charge is 0.450 e. The number of ether oxygens (including phenoxy) is 1. The summed E-state index contributed by atoms with van der Waals surface area (Å²) in [6.07, 6.45) is 3.91. The molecule has 3 aromatic rings. The second kappa shape index (κ2) is 9.79. The molecule has 176 valence electrons. The van der Waals surface area contributed by atoms with E-state index in [1.165, 1.54) is 0 Å². The minimum absolute atomic E-state index is 0.0657. The monoisotopic (exact) mass is 493 g/mol. The second-order valence-electron chi connectivity index (χ2n) is 7.73. The van der Waals surface area contributed by atoms with Gasteiger partial charge < -0.3 is 20.4 Å². The van der Waals surface area contributed by atoms with E-state index in [1.54, 1.807) is 30.6 Å². The molecule has 1 aliphatic rings. The van der Waals surface area contributed by atoms with Crippen molar-refractivity contribution in [1.82, 2.24) is 24.8 Å². The fraction of sp³-hybridized carbons (Fsp3) is 0.400. The molecule has 0 aliphatic heterocycles. The third-order valence-electron chi connectivity index (χ3n) is 5.10. The highest BCUT2D eigenvalue weighted by Gasteiger charge is 2.35. The van der Waals surface area contributed by atoms with E-state index < -0.39 is 16.1 Å². The van der Waals surface area contributed by atoms with Gasteiger partial charge in [-0.15, -0.1) is 0 Å². The van der Waals surface area contributed by atoms with Gasteiger partial charge >= 0.3 is 6.09 Å². The van der Waals surface area contributed by atoms with Crippen molar-refractivity contribution >= 4 is 50.4 Å². The number of imidazole rings is 1. The van der Waals surface area contributed by atoms with E-state index in [0.29, 0.717) is 42.7 Å². The van der Waals surface area contributed by atoms with Crippen LogP contribution in [0.4, 0.5) is 16.3 Å². The number of nitrogens with one attached hydrogen (secondary N) is 2. The zero-order valence-electron chi connectivity index (χ0n) is 17.7. The molecule has 33 heavy (non-hydrogen) atoms. The molecule has 4 N–H and O–H groups in total. The number of carbonyl (C=O) groups excluding carboxylic acids is 1. The molecule has 0 unspecified atom stereocenters. The van der Waals surface area contributed by atoms with Crippen molar-refractivity contribution in [2.75, 3.05) is 17.1 Å². The van der Waals surface area contributed by atoms with Crippen LogP contribution >= 0.6 is 11.6 Å². The van der Waals surface area contributed by atoms with Gasteiger partial charge in [0.05, 0.1) is 18.2 Å². The van der Waals surface area contributed by atoms with Gasteiger partial charge in [0.2, 0.25) is 15.3 Å². The Bertz CT molecular complexity index is 1240. The summed E-state index contributed by atoms with van der Waals surface area (Å²) in [5.41, 5.74) is 8.20. The zero-order valence-corrected chi connectivity index (χ0v) is 19.3. The van der Waals surface area contributed by atoms with E-state index in [4.69, 9.17) is 22.1 Å². The molecule has 2 aromatic heterocycles. The van der Waals surface area contributed by atoms with Gasteiger partial charge in [-0.3, -0.25) is 4.72 Å². The van der Waals surface area contributed by atoms with Crippen LogP contribution in [-0.4, -0.2) is 45.9 Å². The van der Waals surface area contributed by atoms with Crippen LogP contribution in [0.3, 0.4) is 0 Å². The van der Waals surface area contributed by atoms with Gasteiger partial charge in [0, 0.05) is 18.8 Å². The third-order valence-corrected chi connectivity index (χ3v) is 7.14. The average Bonchev–Trinajstić information content (AvgIpc) is 3.56. The van der Waals surface area contributed by atoms with E-state index in [9.17, 15) is 13.2 Å². The summed E-state index contributed by atoms with van der Waals surface area (Å²) in [7, 11) is -3.29. The molecule has 0 spiro atoms. The topological polar surface area (TPSA) is 154 Å². The number of aromatic nitrogens is 4. The van der Waals surface area contributed by atoms with Crippen molar-refractivity contribution in [2.45, 2.75) is 44.0 Å². The molecule has 0 bridgehead atoms. The fourth-order valence-corrected chi connectivity index (χ4v) is 4.75. The number of hydrogen-bond acceptors (Lipinski definition) is 8. The number of carbonyl (C=O) groups is 1. The molecule has 1 fully saturated rings. The molecule has 1 amide bonds. The molecule has 2 heterocycles. The summed E-state index contributed by atoms with van der Waals surface area (Å²) in [5, 5.41) is 2.46. The Morgan fingerprint density at radius 3 is 2.70 bits per heavy atom. The number of sulfonamides is 1. The second-order valence-corrected chi connectivity index (χ2v) is 10.0. The van der Waals surface area contributed by atoms with Crippen LogP contribution in [0.1, 0.15) is 31.2 Å². The van der Waals surface area contributed by atoms with Gasteiger partial charge in [0.15, 0.2) is 11.5 Å². The molecule has 0 saturated heterocycles. The summed E-state index contributed by atoms with van der Waals surface area (Å²) in [4.78, 5) is 24.1. The first kappa shape index (κ1) is 23.1. The van der Waals surface area contributed by atoms with Crippen molar-refractivity contribution in [1.29, 1.82) is 0 Å². The minimum atomic E-state index is -3.29. The minimum Gasteiger partial charge on any atom is -0.450 e. The van der Waals surface area contributed by atoms with E-state index in [1.807, 2.05) is 4.57 Å². The van der Waals surface area contributed by atoms with E-state index in [2.05, 4.69) is 25.0 Å². The highest BCUT2D eigenvalue weighted by Crippen LogP contribution is 2.29. The summed E-state index contributed by atoms with van der Waals surface area (Å²) < 4.78 is 33.5. The van der Waals surface area contributed by atoms with Crippen LogP contribution in [0, 0.1) is 0 Å². The zero-order chi connectivity index (χ0) is 23.4. The number of benzene rings is 1. The van der Waals surface area contributed by atoms with Crippen molar-refractivity contribution in [2.24, 2.45) is 0 Å². The Kier molecular flexibility index (Phi) is 6.84. The number of unbranched alkanes of at least 4 members (excludes halogenated alkanes) is 1. The maximum atomic E-state index is 12.0. The lowest BCUT2D eigenvalue weighted by atomic mass is 10.2. The number of nitrogens with zero attached hydrogens (tertiary/aromatic N) is 4. The lowest BCUT2D eigenvalue weighted by Crippen LogP contribution is -2.24. The molecular weight excluding hydrogens is 470 g/mol. The number of fused-ring (bicyclic) bond motifs is 1. The summed E-state index contributed by atoms with van der Waals surface area (Å²) in [6, 6.07) is 6.85. The number of aryl methyl sites for hydroxylation is 1. The van der Waals surface area contributed by atoms with Crippen LogP contribution < -0.4 is 15.8 Å². The van der Waals surface area contributed by atoms with Gasteiger partial charge in [0.25, 0.3) is 0 Å². The Morgan fingerprint density at radius 1 is 1.21 bits per heavy atom. The molecule has 4 rings (SSSR count).